The van der Waals surface area contributed by atoms with Gasteiger partial charge in [0.1, 0.15) is 0 Å². The van der Waals surface area contributed by atoms with E-state index in [1.165, 1.54) is 16.4 Å². The van der Waals surface area contributed by atoms with Crippen LogP contribution in [0.3, 0.4) is 0 Å². The Morgan fingerprint density at radius 2 is 2.17 bits per heavy atom. The number of aromatic nitrogens is 7. The van der Waals surface area contributed by atoms with Gasteiger partial charge in [-0.1, -0.05) is 17.0 Å². The lowest BCUT2D eigenvalue weighted by molar-refractivity contribution is 0.0518. The molecule has 0 saturated carbocycles. The number of hydrogen-bond acceptors (Lipinski definition) is 12. The van der Waals surface area contributed by atoms with Crippen LogP contribution in [0.2, 0.25) is 0 Å². The van der Waals surface area contributed by atoms with Crippen molar-refractivity contribution in [2.24, 2.45) is 0 Å². The van der Waals surface area contributed by atoms with Crippen LogP contribution in [0.4, 0.5) is 5.82 Å². The number of carbonyl (C=O) groups excluding carboxylic acids is 1. The summed E-state index contributed by atoms with van der Waals surface area (Å²) in [7, 11) is 0. The summed E-state index contributed by atoms with van der Waals surface area (Å²) < 4.78 is 16.1. The quantitative estimate of drug-likeness (QED) is 0.480. The Morgan fingerprint density at radius 3 is 2.79 bits per heavy atom. The standard InChI is InChI=1S/C11H12N8O4S/c1-3-21-10(20)7-6(4-24-11-15-13-5(2)22-11)19(18-14-7)9-8(12)16-23-17-9/h3-4H2,1-2H3,(H2,12,16). The minimum atomic E-state index is -0.615. The molecule has 0 saturated heterocycles. The summed E-state index contributed by atoms with van der Waals surface area (Å²) in [5.41, 5.74) is 6.09. The van der Waals surface area contributed by atoms with E-state index < -0.39 is 5.97 Å². The minimum absolute atomic E-state index is 0.00944. The normalized spacial score (nSPS) is 10.9. The van der Waals surface area contributed by atoms with E-state index in [1.807, 2.05) is 0 Å². The molecule has 0 aliphatic carbocycles. The molecule has 0 amide bonds. The summed E-state index contributed by atoms with van der Waals surface area (Å²) >= 11 is 1.20. The molecule has 13 heteroatoms. The van der Waals surface area contributed by atoms with Crippen LogP contribution in [0.1, 0.15) is 29.0 Å². The molecule has 0 spiro atoms. The molecule has 3 aromatic rings. The van der Waals surface area contributed by atoms with Crippen molar-refractivity contribution in [2.45, 2.75) is 24.8 Å². The van der Waals surface area contributed by atoms with Crippen LogP contribution in [0, 0.1) is 6.92 Å². The van der Waals surface area contributed by atoms with Crippen LogP contribution in [0.25, 0.3) is 5.82 Å². The fraction of sp³-hybridized carbons (Fsp3) is 0.364. The van der Waals surface area contributed by atoms with Crippen LogP contribution >= 0.6 is 11.8 Å². The number of nitrogens with two attached hydrogens (primary N) is 1. The smallest absolute Gasteiger partial charge is 0.360 e. The van der Waals surface area contributed by atoms with Gasteiger partial charge in [-0.2, -0.15) is 4.68 Å². The van der Waals surface area contributed by atoms with E-state index in [2.05, 4.69) is 35.5 Å². The van der Waals surface area contributed by atoms with Crippen molar-refractivity contribution in [3.8, 4) is 5.82 Å². The molecule has 0 bridgehead atoms. The highest BCUT2D eigenvalue weighted by Gasteiger charge is 2.25. The number of ether oxygens (including phenoxy) is 1. The largest absolute Gasteiger partial charge is 0.461 e. The number of thioether (sulfide) groups is 1. The molecule has 24 heavy (non-hydrogen) atoms. The zero-order valence-corrected chi connectivity index (χ0v) is 13.5. The number of esters is 1. The summed E-state index contributed by atoms with van der Waals surface area (Å²) in [5, 5.41) is 22.8. The fourth-order valence-corrected chi connectivity index (χ4v) is 2.56. The van der Waals surface area contributed by atoms with Crippen molar-refractivity contribution >= 4 is 23.5 Å². The Morgan fingerprint density at radius 1 is 1.33 bits per heavy atom. The number of anilines is 1. The molecule has 0 aliphatic heterocycles. The maximum atomic E-state index is 12.1. The highest BCUT2D eigenvalue weighted by molar-refractivity contribution is 7.98. The third kappa shape index (κ3) is 3.05. The summed E-state index contributed by atoms with van der Waals surface area (Å²) in [6.45, 7) is 3.57. The lowest BCUT2D eigenvalue weighted by atomic mass is 10.3. The molecule has 0 unspecified atom stereocenters. The van der Waals surface area contributed by atoms with Crippen LogP contribution in [-0.2, 0) is 10.5 Å². The third-order valence-electron chi connectivity index (χ3n) is 2.77. The molecule has 3 aromatic heterocycles. The monoisotopic (exact) mass is 352 g/mol. The van der Waals surface area contributed by atoms with Gasteiger partial charge in [-0.05, 0) is 17.2 Å². The molecule has 0 fully saturated rings. The van der Waals surface area contributed by atoms with Gasteiger partial charge in [-0.25, -0.2) is 9.42 Å². The Kier molecular flexibility index (Phi) is 4.41. The first-order valence-corrected chi connectivity index (χ1v) is 7.71. The van der Waals surface area contributed by atoms with Crippen molar-refractivity contribution in [1.29, 1.82) is 0 Å². The number of carbonyl (C=O) groups is 1. The van der Waals surface area contributed by atoms with E-state index in [9.17, 15) is 4.79 Å². The minimum Gasteiger partial charge on any atom is -0.461 e. The maximum Gasteiger partial charge on any atom is 0.360 e. The highest BCUT2D eigenvalue weighted by Crippen LogP contribution is 2.25. The first-order chi connectivity index (χ1) is 11.6. The molecule has 3 rings (SSSR count). The molecule has 2 N–H and O–H groups in total. The van der Waals surface area contributed by atoms with Crippen LogP contribution in [0.15, 0.2) is 14.3 Å². The molecular formula is C11H12N8O4S. The number of nitrogen functional groups attached to an aromatic ring is 1. The Labute approximate surface area is 138 Å². The van der Waals surface area contributed by atoms with Gasteiger partial charge in [0.05, 0.1) is 12.3 Å². The molecule has 0 radical (unpaired) electrons. The van der Waals surface area contributed by atoms with E-state index in [4.69, 9.17) is 14.9 Å². The number of aryl methyl sites for hydroxylation is 1. The van der Waals surface area contributed by atoms with Gasteiger partial charge < -0.3 is 14.9 Å². The Balaban J connectivity index is 1.94. The number of nitrogens with zero attached hydrogens (tertiary/aromatic N) is 7. The second kappa shape index (κ2) is 6.66. The lowest BCUT2D eigenvalue weighted by Gasteiger charge is -2.04. The van der Waals surface area contributed by atoms with Gasteiger partial charge in [0.15, 0.2) is 5.69 Å². The average molecular weight is 352 g/mol. The van der Waals surface area contributed by atoms with Crippen LogP contribution < -0.4 is 5.73 Å². The van der Waals surface area contributed by atoms with Crippen molar-refractivity contribution in [1.82, 2.24) is 35.5 Å². The molecule has 0 aromatic carbocycles. The average Bonchev–Trinajstić information content (AvgIpc) is 3.25. The van der Waals surface area contributed by atoms with E-state index in [1.54, 1.807) is 13.8 Å². The first-order valence-electron chi connectivity index (χ1n) is 6.73. The summed E-state index contributed by atoms with van der Waals surface area (Å²) in [6, 6.07) is 0. The molecule has 12 nitrogen and oxygen atoms in total. The molecular weight excluding hydrogens is 340 g/mol. The van der Waals surface area contributed by atoms with Gasteiger partial charge in [0, 0.05) is 12.7 Å². The first kappa shape index (κ1) is 15.9. The SMILES string of the molecule is CCOC(=O)c1nnn(-c2nonc2N)c1CSc1nnc(C)o1. The van der Waals surface area contributed by atoms with E-state index >= 15 is 0 Å². The van der Waals surface area contributed by atoms with Crippen molar-refractivity contribution in [3.05, 3.63) is 17.3 Å². The van der Waals surface area contributed by atoms with Crippen molar-refractivity contribution < 1.29 is 18.6 Å². The summed E-state index contributed by atoms with van der Waals surface area (Å²) in [6.07, 6.45) is 0. The molecule has 3 heterocycles. The summed E-state index contributed by atoms with van der Waals surface area (Å²) in [5.74, 6) is 0.177. The van der Waals surface area contributed by atoms with E-state index in [0.29, 0.717) is 16.8 Å². The number of hydrogen-bond donors (Lipinski definition) is 1. The fourth-order valence-electron chi connectivity index (χ4n) is 1.76. The lowest BCUT2D eigenvalue weighted by Crippen LogP contribution is -2.10. The number of rotatable bonds is 6. The van der Waals surface area contributed by atoms with Gasteiger partial charge in [-0.15, -0.1) is 15.3 Å². The maximum absolute atomic E-state index is 12.1. The third-order valence-corrected chi connectivity index (χ3v) is 3.60. The predicted molar refractivity (Wildman–Crippen MR) is 78.2 cm³/mol. The second-order valence-electron chi connectivity index (χ2n) is 4.37. The highest BCUT2D eigenvalue weighted by atomic mass is 32.2. The Hall–Kier alpha value is -2.96. The van der Waals surface area contributed by atoms with Crippen LogP contribution in [0.5, 0.6) is 0 Å². The topological polar surface area (TPSA) is 161 Å². The zero-order chi connectivity index (χ0) is 17.1. The van der Waals surface area contributed by atoms with Gasteiger partial charge in [-0.3, -0.25) is 0 Å². The summed E-state index contributed by atoms with van der Waals surface area (Å²) in [4.78, 5) is 12.1. The molecule has 0 aliphatic rings. The van der Waals surface area contributed by atoms with Gasteiger partial charge in [0.25, 0.3) is 5.22 Å². The van der Waals surface area contributed by atoms with Crippen molar-refractivity contribution in [2.75, 3.05) is 12.3 Å². The second-order valence-corrected chi connectivity index (χ2v) is 5.29. The Bertz CT molecular complexity index is 856. The van der Waals surface area contributed by atoms with Gasteiger partial charge >= 0.3 is 5.97 Å². The van der Waals surface area contributed by atoms with E-state index in [-0.39, 0.29) is 29.7 Å². The zero-order valence-electron chi connectivity index (χ0n) is 12.7. The van der Waals surface area contributed by atoms with E-state index in [0.717, 1.165) is 0 Å². The molecule has 126 valence electrons. The predicted octanol–water partition coefficient (Wildman–Crippen LogP) is 0.393. The van der Waals surface area contributed by atoms with Crippen molar-refractivity contribution in [3.63, 3.8) is 0 Å². The molecule has 0 atom stereocenters. The van der Waals surface area contributed by atoms with Gasteiger partial charge in [0.2, 0.25) is 17.5 Å². The van der Waals surface area contributed by atoms with Crippen LogP contribution in [-0.4, -0.2) is 48.1 Å².